The van der Waals surface area contributed by atoms with E-state index in [0.717, 1.165) is 30.8 Å². The van der Waals surface area contributed by atoms with Gasteiger partial charge in [0.15, 0.2) is 5.78 Å². The molecule has 0 unspecified atom stereocenters. The smallest absolute Gasteiger partial charge is 0.156 e. The molecule has 0 radical (unpaired) electrons. The SMILES string of the molecule is CC(C)N1CCC[C@H]1C(=O)Cc1cc(C(C)(C)C)on1. The number of aromatic nitrogens is 1. The topological polar surface area (TPSA) is 46.3 Å². The van der Waals surface area contributed by atoms with Gasteiger partial charge in [0.1, 0.15) is 5.76 Å². The monoisotopic (exact) mass is 278 g/mol. The number of nitrogens with zero attached hydrogens (tertiary/aromatic N) is 2. The first kappa shape index (κ1) is 15.2. The summed E-state index contributed by atoms with van der Waals surface area (Å²) in [6, 6.07) is 2.41. The second-order valence-electron chi connectivity index (χ2n) is 7.07. The van der Waals surface area contributed by atoms with E-state index >= 15 is 0 Å². The minimum absolute atomic E-state index is 0.0600. The van der Waals surface area contributed by atoms with Crippen molar-refractivity contribution in [2.45, 2.75) is 71.4 Å². The van der Waals surface area contributed by atoms with Crippen LogP contribution in [0.2, 0.25) is 0 Å². The molecule has 2 heterocycles. The van der Waals surface area contributed by atoms with Crippen molar-refractivity contribution in [2.75, 3.05) is 6.54 Å². The molecule has 1 aliphatic rings. The van der Waals surface area contributed by atoms with E-state index in [-0.39, 0.29) is 17.2 Å². The molecule has 0 bridgehead atoms. The third-order valence-corrected chi connectivity index (χ3v) is 3.98. The van der Waals surface area contributed by atoms with Crippen LogP contribution in [0.25, 0.3) is 0 Å². The summed E-state index contributed by atoms with van der Waals surface area (Å²) in [5.41, 5.74) is 0.696. The first-order valence-corrected chi connectivity index (χ1v) is 7.53. The van der Waals surface area contributed by atoms with Crippen molar-refractivity contribution >= 4 is 5.78 Å². The lowest BCUT2D eigenvalue weighted by Crippen LogP contribution is -2.41. The summed E-state index contributed by atoms with van der Waals surface area (Å²) in [5.74, 6) is 1.11. The zero-order chi connectivity index (χ0) is 14.9. The highest BCUT2D eigenvalue weighted by molar-refractivity contribution is 5.86. The molecule has 1 aliphatic heterocycles. The molecule has 0 N–H and O–H groups in total. The van der Waals surface area contributed by atoms with Crippen LogP contribution in [0, 0.1) is 0 Å². The maximum Gasteiger partial charge on any atom is 0.156 e. The Morgan fingerprint density at radius 3 is 2.75 bits per heavy atom. The van der Waals surface area contributed by atoms with E-state index in [2.05, 4.69) is 44.7 Å². The summed E-state index contributed by atoms with van der Waals surface area (Å²) in [5, 5.41) is 4.05. The van der Waals surface area contributed by atoms with Crippen LogP contribution >= 0.6 is 0 Å². The summed E-state index contributed by atoms with van der Waals surface area (Å²) in [7, 11) is 0. The number of likely N-dealkylation sites (tertiary alicyclic amines) is 1. The predicted octanol–water partition coefficient (Wildman–Crippen LogP) is 2.96. The van der Waals surface area contributed by atoms with Gasteiger partial charge in [0.05, 0.1) is 18.2 Å². The Kier molecular flexibility index (Phi) is 4.33. The fourth-order valence-corrected chi connectivity index (χ4v) is 2.80. The predicted molar refractivity (Wildman–Crippen MR) is 78.8 cm³/mol. The molecular formula is C16H26N2O2. The van der Waals surface area contributed by atoms with Crippen molar-refractivity contribution in [3.8, 4) is 0 Å². The van der Waals surface area contributed by atoms with Crippen LogP contribution in [-0.2, 0) is 16.6 Å². The Balaban J connectivity index is 2.03. The molecule has 0 aliphatic carbocycles. The molecule has 112 valence electrons. The number of hydrogen-bond acceptors (Lipinski definition) is 4. The van der Waals surface area contributed by atoms with Crippen LogP contribution in [0.4, 0.5) is 0 Å². The van der Waals surface area contributed by atoms with Crippen LogP contribution in [0.15, 0.2) is 10.6 Å². The van der Waals surface area contributed by atoms with E-state index in [4.69, 9.17) is 4.52 Å². The Bertz CT molecular complexity index is 471. The van der Waals surface area contributed by atoms with Crippen molar-refractivity contribution in [1.29, 1.82) is 0 Å². The highest BCUT2D eigenvalue weighted by Gasteiger charge is 2.32. The molecule has 0 amide bonds. The molecular weight excluding hydrogens is 252 g/mol. The first-order valence-electron chi connectivity index (χ1n) is 7.53. The van der Waals surface area contributed by atoms with Gasteiger partial charge in [0.25, 0.3) is 0 Å². The minimum atomic E-state index is -0.0639. The maximum absolute atomic E-state index is 12.5. The Morgan fingerprint density at radius 2 is 2.20 bits per heavy atom. The Hall–Kier alpha value is -1.16. The molecule has 1 aromatic rings. The molecule has 1 fully saturated rings. The zero-order valence-corrected chi connectivity index (χ0v) is 13.3. The number of hydrogen-bond donors (Lipinski definition) is 0. The standard InChI is InChI=1S/C16H26N2O2/c1-11(2)18-8-6-7-13(18)14(19)9-12-10-15(20-17-12)16(3,4)5/h10-11,13H,6-9H2,1-5H3/t13-/m0/s1. The van der Waals surface area contributed by atoms with Gasteiger partial charge in [-0.1, -0.05) is 25.9 Å². The number of carbonyl (C=O) groups is 1. The minimum Gasteiger partial charge on any atom is -0.361 e. The van der Waals surface area contributed by atoms with Gasteiger partial charge >= 0.3 is 0 Å². The fourth-order valence-electron chi connectivity index (χ4n) is 2.80. The molecule has 0 aromatic carbocycles. The van der Waals surface area contributed by atoms with Gasteiger partial charge in [0, 0.05) is 17.5 Å². The van der Waals surface area contributed by atoms with Crippen LogP contribution in [0.3, 0.4) is 0 Å². The largest absolute Gasteiger partial charge is 0.361 e. The number of rotatable bonds is 4. The molecule has 20 heavy (non-hydrogen) atoms. The van der Waals surface area contributed by atoms with E-state index in [0.29, 0.717) is 12.5 Å². The average Bonchev–Trinajstić information content (AvgIpc) is 2.95. The van der Waals surface area contributed by atoms with E-state index in [9.17, 15) is 4.79 Å². The molecule has 1 saturated heterocycles. The lowest BCUT2D eigenvalue weighted by atomic mass is 9.93. The summed E-state index contributed by atoms with van der Waals surface area (Å²) in [4.78, 5) is 14.8. The Labute approximate surface area is 121 Å². The second kappa shape index (κ2) is 5.68. The van der Waals surface area contributed by atoms with Crippen LogP contribution < -0.4 is 0 Å². The van der Waals surface area contributed by atoms with Crippen LogP contribution in [-0.4, -0.2) is 34.5 Å². The van der Waals surface area contributed by atoms with Gasteiger partial charge in [-0.3, -0.25) is 9.69 Å². The lowest BCUT2D eigenvalue weighted by Gasteiger charge is -2.26. The van der Waals surface area contributed by atoms with E-state index in [1.165, 1.54) is 0 Å². The third-order valence-electron chi connectivity index (χ3n) is 3.98. The van der Waals surface area contributed by atoms with E-state index in [1.54, 1.807) is 0 Å². The fraction of sp³-hybridized carbons (Fsp3) is 0.750. The number of Topliss-reactive ketones (excluding diaryl/α,β-unsaturated/α-hetero) is 1. The normalized spacial score (nSPS) is 20.8. The zero-order valence-electron chi connectivity index (χ0n) is 13.3. The lowest BCUT2D eigenvalue weighted by molar-refractivity contribution is -0.123. The average molecular weight is 278 g/mol. The van der Waals surface area contributed by atoms with Gasteiger partial charge in [-0.2, -0.15) is 0 Å². The van der Waals surface area contributed by atoms with Crippen molar-refractivity contribution in [1.82, 2.24) is 10.1 Å². The van der Waals surface area contributed by atoms with E-state index < -0.39 is 0 Å². The molecule has 0 saturated carbocycles. The van der Waals surface area contributed by atoms with Gasteiger partial charge in [-0.15, -0.1) is 0 Å². The van der Waals surface area contributed by atoms with Crippen LogP contribution in [0.1, 0.15) is 58.9 Å². The molecule has 4 nitrogen and oxygen atoms in total. The first-order chi connectivity index (χ1) is 9.29. The summed E-state index contributed by atoms with van der Waals surface area (Å²) in [6.45, 7) is 11.6. The van der Waals surface area contributed by atoms with Crippen LogP contribution in [0.5, 0.6) is 0 Å². The number of ketones is 1. The van der Waals surface area contributed by atoms with Gasteiger partial charge < -0.3 is 4.52 Å². The van der Waals surface area contributed by atoms with Crippen molar-refractivity contribution in [2.24, 2.45) is 0 Å². The third kappa shape index (κ3) is 3.29. The number of carbonyl (C=O) groups excluding carboxylic acids is 1. The highest BCUT2D eigenvalue weighted by Crippen LogP contribution is 2.25. The van der Waals surface area contributed by atoms with Gasteiger partial charge in [0.2, 0.25) is 0 Å². The Morgan fingerprint density at radius 1 is 1.50 bits per heavy atom. The summed E-state index contributed by atoms with van der Waals surface area (Å²) in [6.07, 6.45) is 2.47. The maximum atomic E-state index is 12.5. The second-order valence-corrected chi connectivity index (χ2v) is 7.07. The van der Waals surface area contributed by atoms with Gasteiger partial charge in [-0.05, 0) is 33.2 Å². The van der Waals surface area contributed by atoms with Crippen molar-refractivity contribution < 1.29 is 9.32 Å². The molecule has 4 heteroatoms. The molecule has 0 spiro atoms. The van der Waals surface area contributed by atoms with E-state index in [1.807, 2.05) is 6.07 Å². The molecule has 2 rings (SSSR count). The summed E-state index contributed by atoms with van der Waals surface area (Å²) >= 11 is 0. The summed E-state index contributed by atoms with van der Waals surface area (Å²) < 4.78 is 5.35. The molecule has 1 atom stereocenters. The molecule has 1 aromatic heterocycles. The highest BCUT2D eigenvalue weighted by atomic mass is 16.5. The van der Waals surface area contributed by atoms with Crippen molar-refractivity contribution in [3.63, 3.8) is 0 Å². The van der Waals surface area contributed by atoms with Crippen molar-refractivity contribution in [3.05, 3.63) is 17.5 Å². The quantitative estimate of drug-likeness (QED) is 0.849. The van der Waals surface area contributed by atoms with Gasteiger partial charge in [-0.25, -0.2) is 0 Å².